The fourth-order valence-electron chi connectivity index (χ4n) is 12.0. The highest BCUT2D eigenvalue weighted by atomic mass is 32.2. The summed E-state index contributed by atoms with van der Waals surface area (Å²) in [7, 11) is -2.59. The Morgan fingerprint density at radius 3 is 1.51 bits per heavy atom. The third-order valence-corrected chi connectivity index (χ3v) is 23.5. The molecule has 2 heterocycles. The number of hydrogen-bond acceptors (Lipinski definition) is 10. The summed E-state index contributed by atoms with van der Waals surface area (Å²) >= 11 is 1.69. The standard InChI is InChI=1S/C71H90O9SSi/c1-9-29-63-64(43-28-42-62(74-48-58-34-20-12-21-35-58)66(77-63)51-72-46-56-30-16-10-17-31-56)78-70(81-61-40-26-15-27-41-61)45-68(76-50-60-38-24-14-25-39-60)71(8)69(80-82(53(2)3,54(4)5)55(6)7)44-65(75-49-59-36-22-13-23-37-59)67(79-71)52-73-47-57-32-18-11-19-33-57/h9-28,30-41,43,53-55,62-70H,1,29,42,44-52H2,2-8H3/b43-28-/t62-,63-,64+,65+,66+,67-,68-,69-,70?,71+/m1/s1. The first-order valence-corrected chi connectivity index (χ1v) is 32.8. The van der Waals surface area contributed by atoms with Crippen molar-refractivity contribution in [2.75, 3.05) is 13.2 Å². The van der Waals surface area contributed by atoms with Gasteiger partial charge in [-0.25, -0.2) is 0 Å². The zero-order valence-corrected chi connectivity index (χ0v) is 51.4. The van der Waals surface area contributed by atoms with E-state index in [0.717, 1.165) is 32.7 Å². The molecule has 2 aliphatic rings. The number of ether oxygens (including phenoxy) is 8. The lowest BCUT2D eigenvalue weighted by Crippen LogP contribution is -2.66. The predicted molar refractivity (Wildman–Crippen MR) is 334 cm³/mol. The Morgan fingerprint density at radius 1 is 0.573 bits per heavy atom. The molecule has 0 aromatic heterocycles. The van der Waals surface area contributed by atoms with Gasteiger partial charge in [0.25, 0.3) is 0 Å². The lowest BCUT2D eigenvalue weighted by atomic mass is 9.82. The van der Waals surface area contributed by atoms with E-state index in [1.165, 1.54) is 0 Å². The van der Waals surface area contributed by atoms with Gasteiger partial charge in [0, 0.05) is 17.7 Å². The van der Waals surface area contributed by atoms with E-state index in [4.69, 9.17) is 42.3 Å². The lowest BCUT2D eigenvalue weighted by Gasteiger charge is -2.55. The first-order valence-electron chi connectivity index (χ1n) is 29.8. The predicted octanol–water partition coefficient (Wildman–Crippen LogP) is 16.5. The lowest BCUT2D eigenvalue weighted by molar-refractivity contribution is -0.277. The minimum absolute atomic E-state index is 0.283. The molecule has 0 spiro atoms. The van der Waals surface area contributed by atoms with Gasteiger partial charge in [0.15, 0.2) is 0 Å². The zero-order valence-electron chi connectivity index (χ0n) is 49.5. The van der Waals surface area contributed by atoms with Crippen LogP contribution in [-0.4, -0.2) is 81.4 Å². The van der Waals surface area contributed by atoms with Gasteiger partial charge in [-0.3, -0.25) is 0 Å². The molecule has 2 aliphatic heterocycles. The molecular weight excluding hydrogens is 1060 g/mol. The first kappa shape index (κ1) is 63.0. The minimum Gasteiger partial charge on any atom is -0.410 e. The van der Waals surface area contributed by atoms with Crippen LogP contribution in [0.15, 0.2) is 212 Å². The van der Waals surface area contributed by atoms with Crippen molar-refractivity contribution in [2.45, 2.75) is 189 Å². The molecule has 0 N–H and O–H groups in total. The summed E-state index contributed by atoms with van der Waals surface area (Å²) < 4.78 is 65.2. The van der Waals surface area contributed by atoms with Gasteiger partial charge in [-0.2, -0.15) is 0 Å². The van der Waals surface area contributed by atoms with Gasteiger partial charge >= 0.3 is 0 Å². The maximum absolute atomic E-state index is 8.08. The Morgan fingerprint density at radius 2 is 1.02 bits per heavy atom. The van der Waals surface area contributed by atoms with Crippen molar-refractivity contribution in [1.82, 2.24) is 0 Å². The molecule has 1 saturated heterocycles. The number of benzene rings is 6. The van der Waals surface area contributed by atoms with Crippen molar-refractivity contribution < 1.29 is 42.3 Å². The summed E-state index contributed by atoms with van der Waals surface area (Å²) in [5.74, 6) is 0. The zero-order chi connectivity index (χ0) is 57.6. The fourth-order valence-corrected chi connectivity index (χ4v) is 18.7. The van der Waals surface area contributed by atoms with E-state index >= 15 is 0 Å². The van der Waals surface area contributed by atoms with Crippen LogP contribution in [0, 0.1) is 0 Å². The molecule has 0 saturated carbocycles. The van der Waals surface area contributed by atoms with E-state index in [1.807, 2.05) is 72.8 Å². The molecule has 82 heavy (non-hydrogen) atoms. The molecular formula is C71H90O9SSi. The summed E-state index contributed by atoms with van der Waals surface area (Å²) in [4.78, 5) is 1.07. The molecule has 0 radical (unpaired) electrons. The van der Waals surface area contributed by atoms with Crippen LogP contribution in [0.4, 0.5) is 0 Å². The summed E-state index contributed by atoms with van der Waals surface area (Å²) in [6, 6.07) is 62.2. The fraction of sp³-hybridized carbons (Fsp3) is 0.437. The number of rotatable bonds is 31. The van der Waals surface area contributed by atoms with Crippen molar-refractivity contribution in [2.24, 2.45) is 0 Å². The van der Waals surface area contributed by atoms with Gasteiger partial charge in [-0.15, -0.1) is 6.58 Å². The van der Waals surface area contributed by atoms with Crippen LogP contribution in [0.1, 0.15) is 102 Å². The van der Waals surface area contributed by atoms with Crippen molar-refractivity contribution >= 4 is 20.1 Å². The van der Waals surface area contributed by atoms with Crippen molar-refractivity contribution in [3.63, 3.8) is 0 Å². The highest BCUT2D eigenvalue weighted by Crippen LogP contribution is 2.49. The van der Waals surface area contributed by atoms with Crippen molar-refractivity contribution in [1.29, 1.82) is 0 Å². The van der Waals surface area contributed by atoms with Crippen LogP contribution >= 0.6 is 11.8 Å². The van der Waals surface area contributed by atoms with E-state index in [9.17, 15) is 0 Å². The molecule has 10 atom stereocenters. The Kier molecular flexibility index (Phi) is 24.9. The van der Waals surface area contributed by atoms with Crippen LogP contribution in [-0.2, 0) is 75.4 Å². The largest absolute Gasteiger partial charge is 0.410 e. The van der Waals surface area contributed by atoms with Crippen LogP contribution in [0.3, 0.4) is 0 Å². The molecule has 6 aromatic rings. The summed E-state index contributed by atoms with van der Waals surface area (Å²) in [6.07, 6.45) is 5.04. The second kappa shape index (κ2) is 32.3. The van der Waals surface area contributed by atoms with Gasteiger partial charge in [-0.1, -0.05) is 241 Å². The van der Waals surface area contributed by atoms with E-state index in [-0.39, 0.29) is 12.2 Å². The molecule has 8 rings (SSSR count). The molecule has 11 heteroatoms. The molecule has 6 aromatic carbocycles. The highest BCUT2D eigenvalue weighted by molar-refractivity contribution is 7.99. The van der Waals surface area contributed by atoms with E-state index in [1.54, 1.807) is 11.8 Å². The van der Waals surface area contributed by atoms with Gasteiger partial charge in [0.2, 0.25) is 8.32 Å². The smallest absolute Gasteiger partial charge is 0.200 e. The van der Waals surface area contributed by atoms with Crippen molar-refractivity contribution in [3.05, 3.63) is 235 Å². The van der Waals surface area contributed by atoms with Gasteiger partial charge in [-0.05, 0) is 76.3 Å². The normalized spacial score (nSPS) is 23.5. The van der Waals surface area contributed by atoms with E-state index in [0.29, 0.717) is 88.6 Å². The second-order valence-electron chi connectivity index (χ2n) is 23.1. The van der Waals surface area contributed by atoms with Gasteiger partial charge in [0.05, 0.1) is 76.8 Å². The molecule has 0 aliphatic carbocycles. The quantitative estimate of drug-likeness (QED) is 0.0182. The summed E-state index contributed by atoms with van der Waals surface area (Å²) in [6.45, 7) is 23.3. The maximum atomic E-state index is 8.08. The SMILES string of the molecule is C=CC[C@H]1O[C@@H](COCc2ccccc2)[C@H](OCc2ccccc2)C/C=C\[C@@H]1OC(C[C@@H](OCc1ccccc1)[C@]1(C)O[C@H](COCc2ccccc2)[C@@H](OCc2ccccc2)C[C@H]1O[Si](C(C)C)(C(C)C)C(C)C)Sc1ccccc1. The number of hydrogen-bond donors (Lipinski definition) is 0. The topological polar surface area (TPSA) is 83.1 Å². The minimum atomic E-state index is -2.59. The first-order chi connectivity index (χ1) is 39.9. The highest BCUT2D eigenvalue weighted by Gasteiger charge is 2.57. The van der Waals surface area contributed by atoms with E-state index in [2.05, 4.69) is 182 Å². The Bertz CT molecular complexity index is 2720. The third-order valence-electron chi connectivity index (χ3n) is 16.2. The van der Waals surface area contributed by atoms with Crippen LogP contribution in [0.2, 0.25) is 16.6 Å². The van der Waals surface area contributed by atoms with Gasteiger partial charge < -0.3 is 42.3 Å². The molecule has 438 valence electrons. The van der Waals surface area contributed by atoms with E-state index < -0.39 is 56.0 Å². The van der Waals surface area contributed by atoms with Crippen LogP contribution < -0.4 is 0 Å². The second-order valence-corrected chi connectivity index (χ2v) is 29.7. The molecule has 9 nitrogen and oxygen atoms in total. The third kappa shape index (κ3) is 18.0. The monoisotopic (exact) mass is 1150 g/mol. The molecule has 1 unspecified atom stereocenters. The van der Waals surface area contributed by atoms with Crippen LogP contribution in [0.25, 0.3) is 0 Å². The maximum Gasteiger partial charge on any atom is 0.200 e. The van der Waals surface area contributed by atoms with Crippen molar-refractivity contribution in [3.8, 4) is 0 Å². The Hall–Kier alpha value is -4.99. The van der Waals surface area contributed by atoms with Crippen LogP contribution in [0.5, 0.6) is 0 Å². The molecule has 1 fully saturated rings. The van der Waals surface area contributed by atoms with Gasteiger partial charge in [0.1, 0.15) is 29.3 Å². The molecule has 0 bridgehead atoms. The average molecular weight is 1150 g/mol. The Balaban J connectivity index is 1.18. The average Bonchev–Trinajstić information content (AvgIpc) is 3.67. The Labute approximate surface area is 496 Å². The number of thioether (sulfide) groups is 1. The summed E-state index contributed by atoms with van der Waals surface area (Å²) in [5, 5.41) is 0. The summed E-state index contributed by atoms with van der Waals surface area (Å²) in [5.41, 5.74) is 4.88. The molecule has 0 amide bonds.